The molecule has 29 heavy (non-hydrogen) atoms. The molecule has 0 saturated carbocycles. The van der Waals surface area contributed by atoms with E-state index in [1.165, 1.54) is 0 Å². The second-order valence-electron chi connectivity index (χ2n) is 6.26. The number of aromatic amines is 1. The van der Waals surface area contributed by atoms with Crippen LogP contribution < -0.4 is 18.9 Å². The van der Waals surface area contributed by atoms with Gasteiger partial charge in [0, 0.05) is 11.8 Å². The van der Waals surface area contributed by atoms with Gasteiger partial charge >= 0.3 is 0 Å². The van der Waals surface area contributed by atoms with Crippen LogP contribution in [0.5, 0.6) is 23.0 Å². The molecule has 0 fully saturated rings. The lowest BCUT2D eigenvalue weighted by Gasteiger charge is -2.17. The molecule has 0 unspecified atom stereocenters. The topological polar surface area (TPSA) is 78.0 Å². The minimum atomic E-state index is 0.505. The van der Waals surface area contributed by atoms with Gasteiger partial charge in [-0.15, -0.1) is 0 Å². The van der Waals surface area contributed by atoms with E-state index in [-0.39, 0.29) is 0 Å². The minimum absolute atomic E-state index is 0.505. The molecule has 4 aromatic rings. The van der Waals surface area contributed by atoms with E-state index < -0.39 is 0 Å². The summed E-state index contributed by atoms with van der Waals surface area (Å²) in [5, 5.41) is 1.52. The maximum absolute atomic E-state index is 5.73. The summed E-state index contributed by atoms with van der Waals surface area (Å²) in [5.74, 6) is 3.05. The normalized spacial score (nSPS) is 11.3. The molecule has 0 saturated heterocycles. The average Bonchev–Trinajstić information content (AvgIpc) is 3.19. The van der Waals surface area contributed by atoms with Crippen LogP contribution in [-0.2, 0) is 0 Å². The van der Waals surface area contributed by atoms with Crippen molar-refractivity contribution in [3.8, 4) is 23.0 Å². The van der Waals surface area contributed by atoms with E-state index in [1.54, 1.807) is 34.7 Å². The van der Waals surface area contributed by atoms with Crippen molar-refractivity contribution >= 4 is 34.0 Å². The van der Waals surface area contributed by atoms with E-state index in [1.807, 2.05) is 42.5 Å². The third-order valence-corrected chi connectivity index (χ3v) is 4.72. The summed E-state index contributed by atoms with van der Waals surface area (Å²) < 4.78 is 22.5. The number of H-pyrrole nitrogens is 1. The van der Waals surface area contributed by atoms with E-state index in [4.69, 9.17) is 18.9 Å². The van der Waals surface area contributed by atoms with Crippen LogP contribution in [0, 0.1) is 0 Å². The predicted octanol–water partition coefficient (Wildman–Crippen LogP) is 4.50. The molecule has 4 rings (SSSR count). The number of ether oxygens (including phenoxy) is 4. The number of aromatic nitrogens is 2. The van der Waals surface area contributed by atoms with Gasteiger partial charge in [0.05, 0.1) is 50.2 Å². The Bertz CT molecular complexity index is 1180. The molecule has 0 bridgehead atoms. The lowest BCUT2D eigenvalue weighted by atomic mass is 10.0. The average molecular weight is 391 g/mol. The molecular weight excluding hydrogens is 370 g/mol. The number of fused-ring (bicyclic) bond motifs is 2. The number of hydrogen-bond donors (Lipinski definition) is 1. The third kappa shape index (κ3) is 3.20. The number of imidazole rings is 1. The van der Waals surface area contributed by atoms with Gasteiger partial charge in [-0.1, -0.05) is 12.1 Å². The molecule has 1 aromatic heterocycles. The molecule has 3 aromatic carbocycles. The number of methoxy groups -OCH3 is 4. The van der Waals surface area contributed by atoms with Gasteiger partial charge in [-0.25, -0.2) is 9.98 Å². The van der Waals surface area contributed by atoms with Crippen molar-refractivity contribution in [1.82, 2.24) is 9.97 Å². The number of nitrogens with one attached hydrogen (secondary N) is 1. The molecule has 1 heterocycles. The van der Waals surface area contributed by atoms with Crippen molar-refractivity contribution in [2.24, 2.45) is 4.99 Å². The Morgan fingerprint density at radius 2 is 1.52 bits per heavy atom. The zero-order chi connectivity index (χ0) is 20.4. The van der Waals surface area contributed by atoms with Gasteiger partial charge in [0.2, 0.25) is 5.95 Å². The van der Waals surface area contributed by atoms with Crippen molar-refractivity contribution < 1.29 is 18.9 Å². The summed E-state index contributed by atoms with van der Waals surface area (Å²) in [5.41, 5.74) is 2.51. The minimum Gasteiger partial charge on any atom is -0.496 e. The molecule has 7 nitrogen and oxygen atoms in total. The van der Waals surface area contributed by atoms with Crippen LogP contribution in [0.1, 0.15) is 5.56 Å². The Labute approximate surface area is 167 Å². The molecule has 0 atom stereocenters. The molecule has 0 aliphatic carbocycles. The van der Waals surface area contributed by atoms with Crippen LogP contribution in [0.15, 0.2) is 47.5 Å². The number of para-hydroxylation sites is 2. The highest BCUT2D eigenvalue weighted by molar-refractivity contribution is 6.07. The molecule has 148 valence electrons. The lowest BCUT2D eigenvalue weighted by molar-refractivity contribution is 0.392. The molecule has 0 spiro atoms. The Kier molecular flexibility index (Phi) is 4.95. The summed E-state index contributed by atoms with van der Waals surface area (Å²) in [6.45, 7) is 0. The van der Waals surface area contributed by atoms with E-state index in [0.717, 1.165) is 27.4 Å². The predicted molar refractivity (Wildman–Crippen MR) is 114 cm³/mol. The van der Waals surface area contributed by atoms with Crippen molar-refractivity contribution in [3.63, 3.8) is 0 Å². The van der Waals surface area contributed by atoms with Gasteiger partial charge in [0.25, 0.3) is 0 Å². The summed E-state index contributed by atoms with van der Waals surface area (Å²) in [4.78, 5) is 12.2. The number of benzene rings is 3. The molecule has 1 N–H and O–H groups in total. The maximum Gasteiger partial charge on any atom is 0.227 e. The number of aliphatic imine (C=N–C) groups is 1. The summed E-state index contributed by atoms with van der Waals surface area (Å²) in [6.07, 6.45) is 1.69. The Hall–Kier alpha value is -3.74. The highest BCUT2D eigenvalue weighted by Crippen LogP contribution is 2.45. The first-order valence-corrected chi connectivity index (χ1v) is 8.98. The second kappa shape index (κ2) is 7.71. The van der Waals surface area contributed by atoms with Crippen molar-refractivity contribution in [2.75, 3.05) is 28.4 Å². The number of hydrogen-bond acceptors (Lipinski definition) is 6. The van der Waals surface area contributed by atoms with Gasteiger partial charge in [-0.05, 0) is 30.3 Å². The first-order chi connectivity index (χ1) is 14.2. The molecule has 0 aliphatic rings. The molecular formula is C22H21N3O4. The van der Waals surface area contributed by atoms with Gasteiger partial charge in [0.15, 0.2) is 0 Å². The molecule has 0 amide bonds. The molecule has 7 heteroatoms. The lowest BCUT2D eigenvalue weighted by Crippen LogP contribution is -1.99. The van der Waals surface area contributed by atoms with Crippen LogP contribution in [-0.4, -0.2) is 44.6 Å². The number of nitrogens with zero attached hydrogens (tertiary/aromatic N) is 2. The SMILES string of the molecule is COc1ccc(OC)c2c(OC)c(C=Nc3nc4ccccc4[nH]3)cc(OC)c12. The summed E-state index contributed by atoms with van der Waals surface area (Å²) in [7, 11) is 6.45. The van der Waals surface area contributed by atoms with E-state index in [2.05, 4.69) is 15.0 Å². The summed E-state index contributed by atoms with van der Waals surface area (Å²) >= 11 is 0. The van der Waals surface area contributed by atoms with Crippen molar-refractivity contribution in [2.45, 2.75) is 0 Å². The van der Waals surface area contributed by atoms with Gasteiger partial charge in [0.1, 0.15) is 23.0 Å². The van der Waals surface area contributed by atoms with Crippen molar-refractivity contribution in [3.05, 3.63) is 48.0 Å². The Morgan fingerprint density at radius 3 is 2.17 bits per heavy atom. The fourth-order valence-corrected chi connectivity index (χ4v) is 3.41. The van der Waals surface area contributed by atoms with E-state index >= 15 is 0 Å². The summed E-state index contributed by atoms with van der Waals surface area (Å²) in [6, 6.07) is 13.3. The Balaban J connectivity index is 1.91. The largest absolute Gasteiger partial charge is 0.496 e. The highest BCUT2D eigenvalue weighted by Gasteiger charge is 2.20. The van der Waals surface area contributed by atoms with Crippen LogP contribution >= 0.6 is 0 Å². The molecule has 0 aliphatic heterocycles. The van der Waals surface area contributed by atoms with Crippen LogP contribution in [0.2, 0.25) is 0 Å². The van der Waals surface area contributed by atoms with E-state index in [0.29, 0.717) is 28.9 Å². The standard InChI is InChI=1S/C22H21N3O4/c1-26-16-9-10-17(27-2)20-19(16)18(28-3)11-13(21(20)29-4)12-23-22-24-14-7-5-6-8-15(14)25-22/h5-12H,1-4H3,(H,24,25). The highest BCUT2D eigenvalue weighted by atomic mass is 16.5. The second-order valence-corrected chi connectivity index (χ2v) is 6.26. The van der Waals surface area contributed by atoms with Gasteiger partial charge < -0.3 is 23.9 Å². The quantitative estimate of drug-likeness (QED) is 0.490. The zero-order valence-corrected chi connectivity index (χ0v) is 16.6. The molecule has 0 radical (unpaired) electrons. The zero-order valence-electron chi connectivity index (χ0n) is 16.6. The first kappa shape index (κ1) is 18.6. The fraction of sp³-hybridized carbons (Fsp3) is 0.182. The fourth-order valence-electron chi connectivity index (χ4n) is 3.41. The van der Waals surface area contributed by atoms with Gasteiger partial charge in [-0.2, -0.15) is 0 Å². The van der Waals surface area contributed by atoms with Crippen molar-refractivity contribution in [1.29, 1.82) is 0 Å². The van der Waals surface area contributed by atoms with Gasteiger partial charge in [-0.3, -0.25) is 0 Å². The van der Waals surface area contributed by atoms with Crippen LogP contribution in [0.25, 0.3) is 21.8 Å². The van der Waals surface area contributed by atoms with Crippen LogP contribution in [0.4, 0.5) is 5.95 Å². The van der Waals surface area contributed by atoms with E-state index in [9.17, 15) is 0 Å². The maximum atomic E-state index is 5.73. The monoisotopic (exact) mass is 391 g/mol. The number of rotatable bonds is 6. The first-order valence-electron chi connectivity index (χ1n) is 8.98. The van der Waals surface area contributed by atoms with Crippen LogP contribution in [0.3, 0.4) is 0 Å². The smallest absolute Gasteiger partial charge is 0.227 e. The third-order valence-electron chi connectivity index (χ3n) is 4.72. The Morgan fingerprint density at radius 1 is 0.828 bits per heavy atom.